The van der Waals surface area contributed by atoms with Gasteiger partial charge in [0.15, 0.2) is 0 Å². The summed E-state index contributed by atoms with van der Waals surface area (Å²) in [6, 6.07) is 15.6. The number of benzene rings is 2. The minimum atomic E-state index is -0.0726. The summed E-state index contributed by atoms with van der Waals surface area (Å²) in [5.41, 5.74) is 3.02. The van der Waals surface area contributed by atoms with Crippen molar-refractivity contribution in [3.05, 3.63) is 59.7 Å². The van der Waals surface area contributed by atoms with Gasteiger partial charge in [0.25, 0.3) is 0 Å². The Morgan fingerprint density at radius 3 is 2.58 bits per heavy atom. The van der Waals surface area contributed by atoms with E-state index in [2.05, 4.69) is 5.32 Å². The van der Waals surface area contributed by atoms with Crippen LogP contribution in [0, 0.1) is 6.92 Å². The fourth-order valence-corrected chi connectivity index (χ4v) is 1.74. The van der Waals surface area contributed by atoms with Crippen molar-refractivity contribution in [2.45, 2.75) is 20.5 Å². The maximum atomic E-state index is 11.0. The number of carbonyl (C=O) groups is 1. The summed E-state index contributed by atoms with van der Waals surface area (Å²) in [5.74, 6) is 0.770. The van der Waals surface area contributed by atoms with Gasteiger partial charge in [-0.2, -0.15) is 0 Å². The Labute approximate surface area is 113 Å². The Kier molecular flexibility index (Phi) is 4.18. The minimum absolute atomic E-state index is 0.0726. The summed E-state index contributed by atoms with van der Waals surface area (Å²) in [6.45, 7) is 4.02. The molecule has 19 heavy (non-hydrogen) atoms. The quantitative estimate of drug-likeness (QED) is 0.907. The maximum Gasteiger partial charge on any atom is 0.221 e. The van der Waals surface area contributed by atoms with E-state index in [9.17, 15) is 4.79 Å². The molecule has 2 rings (SSSR count). The molecule has 0 saturated carbocycles. The van der Waals surface area contributed by atoms with Crippen LogP contribution in [-0.4, -0.2) is 5.91 Å². The number of carbonyl (C=O) groups excluding carboxylic acids is 1. The van der Waals surface area contributed by atoms with Gasteiger partial charge in [-0.05, 0) is 36.8 Å². The van der Waals surface area contributed by atoms with Gasteiger partial charge in [-0.15, -0.1) is 0 Å². The molecule has 0 bridgehead atoms. The van der Waals surface area contributed by atoms with E-state index in [1.807, 2.05) is 55.5 Å². The van der Waals surface area contributed by atoms with E-state index in [-0.39, 0.29) is 5.91 Å². The van der Waals surface area contributed by atoms with Crippen LogP contribution in [0.15, 0.2) is 48.5 Å². The number of amides is 1. The number of nitrogens with one attached hydrogen (secondary N) is 1. The molecule has 3 heteroatoms. The van der Waals surface area contributed by atoms with E-state index >= 15 is 0 Å². The number of aryl methyl sites for hydroxylation is 1. The smallest absolute Gasteiger partial charge is 0.221 e. The number of anilines is 1. The van der Waals surface area contributed by atoms with Crippen molar-refractivity contribution in [2.24, 2.45) is 0 Å². The summed E-state index contributed by atoms with van der Waals surface area (Å²) < 4.78 is 5.69. The van der Waals surface area contributed by atoms with Crippen molar-refractivity contribution in [1.82, 2.24) is 0 Å². The van der Waals surface area contributed by atoms with Crippen LogP contribution >= 0.6 is 0 Å². The van der Waals surface area contributed by atoms with Gasteiger partial charge in [0, 0.05) is 12.6 Å². The molecule has 0 aromatic heterocycles. The third-order valence-electron chi connectivity index (χ3n) is 2.67. The Morgan fingerprint density at radius 1 is 1.16 bits per heavy atom. The van der Waals surface area contributed by atoms with E-state index in [0.29, 0.717) is 6.61 Å². The van der Waals surface area contributed by atoms with E-state index in [0.717, 1.165) is 17.0 Å². The minimum Gasteiger partial charge on any atom is -0.489 e. The highest BCUT2D eigenvalue weighted by Crippen LogP contribution is 2.16. The second-order valence-electron chi connectivity index (χ2n) is 4.48. The van der Waals surface area contributed by atoms with Crippen LogP contribution in [0.1, 0.15) is 18.1 Å². The van der Waals surface area contributed by atoms with Crippen LogP contribution < -0.4 is 10.1 Å². The lowest BCUT2D eigenvalue weighted by Crippen LogP contribution is -2.06. The molecule has 0 spiro atoms. The molecule has 0 heterocycles. The van der Waals surface area contributed by atoms with Gasteiger partial charge >= 0.3 is 0 Å². The second kappa shape index (κ2) is 6.05. The first-order chi connectivity index (χ1) is 9.13. The zero-order chi connectivity index (χ0) is 13.7. The first kappa shape index (κ1) is 13.1. The summed E-state index contributed by atoms with van der Waals surface area (Å²) in [4.78, 5) is 11.0. The fourth-order valence-electron chi connectivity index (χ4n) is 1.74. The number of ether oxygens (including phenoxy) is 1. The van der Waals surface area contributed by atoms with Crippen molar-refractivity contribution in [2.75, 3.05) is 5.32 Å². The molecule has 1 N–H and O–H groups in total. The third kappa shape index (κ3) is 4.14. The maximum absolute atomic E-state index is 11.0. The molecule has 0 unspecified atom stereocenters. The number of hydrogen-bond donors (Lipinski definition) is 1. The number of hydrogen-bond acceptors (Lipinski definition) is 2. The lowest BCUT2D eigenvalue weighted by atomic mass is 10.2. The van der Waals surface area contributed by atoms with Crippen LogP contribution in [0.25, 0.3) is 0 Å². The topological polar surface area (TPSA) is 38.3 Å². The van der Waals surface area contributed by atoms with Gasteiger partial charge in [-0.3, -0.25) is 4.79 Å². The monoisotopic (exact) mass is 255 g/mol. The predicted molar refractivity (Wildman–Crippen MR) is 76.3 cm³/mol. The van der Waals surface area contributed by atoms with E-state index in [4.69, 9.17) is 4.74 Å². The van der Waals surface area contributed by atoms with Crippen LogP contribution in [0.4, 0.5) is 5.69 Å². The average molecular weight is 255 g/mol. The van der Waals surface area contributed by atoms with Crippen molar-refractivity contribution in [3.8, 4) is 5.75 Å². The molecule has 2 aromatic rings. The first-order valence-electron chi connectivity index (χ1n) is 6.19. The molecule has 2 aromatic carbocycles. The zero-order valence-electron chi connectivity index (χ0n) is 11.1. The lowest BCUT2D eigenvalue weighted by Gasteiger charge is -2.08. The van der Waals surface area contributed by atoms with E-state index < -0.39 is 0 Å². The highest BCUT2D eigenvalue weighted by molar-refractivity contribution is 5.88. The van der Waals surface area contributed by atoms with Gasteiger partial charge in [-0.1, -0.05) is 29.8 Å². The normalized spacial score (nSPS) is 10.0. The Morgan fingerprint density at radius 2 is 1.89 bits per heavy atom. The molecule has 0 aliphatic heterocycles. The molecule has 3 nitrogen and oxygen atoms in total. The standard InChI is InChI=1S/C16H17NO2/c1-12-6-8-16(9-7-12)19-11-14-4-3-5-15(10-14)17-13(2)18/h3-10H,11H2,1-2H3,(H,17,18). The van der Waals surface area contributed by atoms with E-state index in [1.54, 1.807) is 0 Å². The summed E-state index contributed by atoms with van der Waals surface area (Å²) >= 11 is 0. The summed E-state index contributed by atoms with van der Waals surface area (Å²) in [6.07, 6.45) is 0. The van der Waals surface area contributed by atoms with Crippen LogP contribution in [0.2, 0.25) is 0 Å². The Balaban J connectivity index is 1.99. The molecular weight excluding hydrogens is 238 g/mol. The Hall–Kier alpha value is -2.29. The highest BCUT2D eigenvalue weighted by Gasteiger charge is 1.99. The molecule has 0 aliphatic rings. The fraction of sp³-hybridized carbons (Fsp3) is 0.188. The van der Waals surface area contributed by atoms with Gasteiger partial charge in [0.1, 0.15) is 12.4 Å². The molecule has 98 valence electrons. The van der Waals surface area contributed by atoms with Crippen molar-refractivity contribution < 1.29 is 9.53 Å². The SMILES string of the molecule is CC(=O)Nc1cccc(COc2ccc(C)cc2)c1. The predicted octanol–water partition coefficient (Wildman–Crippen LogP) is 3.53. The first-order valence-corrected chi connectivity index (χ1v) is 6.19. The van der Waals surface area contributed by atoms with Crippen molar-refractivity contribution in [1.29, 1.82) is 0 Å². The van der Waals surface area contributed by atoms with Crippen LogP contribution in [0.3, 0.4) is 0 Å². The molecule has 0 aliphatic carbocycles. The summed E-state index contributed by atoms with van der Waals surface area (Å²) in [7, 11) is 0. The highest BCUT2D eigenvalue weighted by atomic mass is 16.5. The van der Waals surface area contributed by atoms with Gasteiger partial charge in [0.2, 0.25) is 5.91 Å². The van der Waals surface area contributed by atoms with Gasteiger partial charge in [-0.25, -0.2) is 0 Å². The Bertz CT molecular complexity index is 561. The second-order valence-corrected chi connectivity index (χ2v) is 4.48. The average Bonchev–Trinajstić information content (AvgIpc) is 2.38. The lowest BCUT2D eigenvalue weighted by molar-refractivity contribution is -0.114. The molecular formula is C16H17NO2. The van der Waals surface area contributed by atoms with E-state index in [1.165, 1.54) is 12.5 Å². The summed E-state index contributed by atoms with van der Waals surface area (Å²) in [5, 5.41) is 2.76. The van der Waals surface area contributed by atoms with Crippen molar-refractivity contribution in [3.63, 3.8) is 0 Å². The van der Waals surface area contributed by atoms with Gasteiger partial charge in [0.05, 0.1) is 0 Å². The molecule has 0 atom stereocenters. The molecule has 0 saturated heterocycles. The third-order valence-corrected chi connectivity index (χ3v) is 2.67. The molecule has 0 fully saturated rings. The van der Waals surface area contributed by atoms with Crippen LogP contribution in [-0.2, 0) is 11.4 Å². The molecule has 1 amide bonds. The van der Waals surface area contributed by atoms with Crippen LogP contribution in [0.5, 0.6) is 5.75 Å². The zero-order valence-corrected chi connectivity index (χ0v) is 11.1. The van der Waals surface area contributed by atoms with Crippen molar-refractivity contribution >= 4 is 11.6 Å². The number of rotatable bonds is 4. The van der Waals surface area contributed by atoms with Gasteiger partial charge < -0.3 is 10.1 Å². The largest absolute Gasteiger partial charge is 0.489 e. The molecule has 0 radical (unpaired) electrons.